The SMILES string of the molecule is C=CS(=O)(=O)N1CCC2(CC1)N=C(c1cccc(OC(F)(F)F)c1)NC2=O.CC(=O)N(c1ccc(/C=C/S(=O)(=O)N2CCC3(CC2)N=C(c2cccc(OC(F)(F)F)c2)NC3=O)c(C)c1)C1CCN(C(=O)OC(C)(C)C)CC1.CC(=O)N(c1ccc(/C=C/S(=O)(=O)N2CCC3(CC2)N=C(c2cccc(OC(F)(F)F)c2)NC3=O)c(C)c1)C1CCNCC1.CC(=O)N(c1ccc(Br)c(C)c1)C1CCN(C(=O)OC(C)(C)C)CC1.ClCCl. The third kappa shape index (κ3) is 31.8. The molecule has 0 radical (unpaired) electrons. The number of nitrogens with one attached hydrogen (secondary N) is 4. The average Bonchev–Trinajstić information content (AvgIpc) is 1.64. The molecule has 6 aromatic rings. The van der Waals surface area contributed by atoms with E-state index in [0.29, 0.717) is 55.8 Å². The summed E-state index contributed by atoms with van der Waals surface area (Å²) in [6, 6.07) is 32.3. The number of amides is 8. The first-order valence-corrected chi connectivity index (χ1v) is 54.4. The Balaban J connectivity index is 0.000000195. The molecule has 34 nitrogen and oxygen atoms in total. The van der Waals surface area contributed by atoms with Crippen LogP contribution in [-0.2, 0) is 68.3 Å². The Bertz CT molecular complexity index is 6500. The molecule has 150 heavy (non-hydrogen) atoms. The lowest BCUT2D eigenvalue weighted by atomic mass is 9.89. The van der Waals surface area contributed by atoms with Crippen molar-refractivity contribution < 1.29 is 127 Å². The molecule has 0 aliphatic carbocycles. The summed E-state index contributed by atoms with van der Waals surface area (Å²) in [5.74, 6) is -2.42. The maximum absolute atomic E-state index is 13.3. The van der Waals surface area contributed by atoms with Crippen molar-refractivity contribution in [3.8, 4) is 17.2 Å². The molecule has 0 aromatic heterocycles. The van der Waals surface area contributed by atoms with Crippen LogP contribution in [-0.4, -0.2) is 262 Å². The van der Waals surface area contributed by atoms with E-state index >= 15 is 0 Å². The minimum absolute atomic E-state index is 0.00628. The van der Waals surface area contributed by atoms with Crippen molar-refractivity contribution in [1.82, 2.24) is 44.0 Å². The molecule has 0 unspecified atom stereocenters. The summed E-state index contributed by atoms with van der Waals surface area (Å²) < 4.78 is 217. The summed E-state index contributed by atoms with van der Waals surface area (Å²) in [7, 11) is -11.3. The van der Waals surface area contributed by atoms with Gasteiger partial charge in [-0.25, -0.2) is 34.8 Å². The van der Waals surface area contributed by atoms with Crippen LogP contribution >= 0.6 is 39.1 Å². The van der Waals surface area contributed by atoms with Crippen LogP contribution in [0.1, 0.15) is 184 Å². The highest BCUT2D eigenvalue weighted by molar-refractivity contribution is 9.10. The van der Waals surface area contributed by atoms with Crippen LogP contribution in [0.5, 0.6) is 17.2 Å². The van der Waals surface area contributed by atoms with Gasteiger partial charge in [0, 0.05) is 159 Å². The number of halogens is 12. The number of aryl methyl sites for hydroxylation is 3. The number of alkyl halides is 11. The van der Waals surface area contributed by atoms with Gasteiger partial charge in [0.15, 0.2) is 0 Å². The Morgan fingerprint density at radius 3 is 0.980 bits per heavy atom. The number of ether oxygens (including phenoxy) is 5. The van der Waals surface area contributed by atoms with Gasteiger partial charge in [-0.2, -0.15) is 12.9 Å². The molecule has 9 aliphatic rings. The molecule has 6 saturated heterocycles. The Kier molecular flexibility index (Phi) is 38.8. The van der Waals surface area contributed by atoms with E-state index in [0.717, 1.165) is 124 Å². The quantitative estimate of drug-likeness (QED) is 0.0407. The van der Waals surface area contributed by atoms with Gasteiger partial charge < -0.3 is 69.5 Å². The summed E-state index contributed by atoms with van der Waals surface area (Å²) in [5, 5.41) is 14.4. The number of nitrogens with zero attached hydrogens (tertiary/aromatic N) is 11. The topological polar surface area (TPSA) is 396 Å². The highest BCUT2D eigenvalue weighted by atomic mass is 79.9. The normalized spacial score (nSPS) is 18.6. The minimum Gasteiger partial charge on any atom is -0.444 e. The maximum Gasteiger partial charge on any atom is 0.573 e. The number of rotatable bonds is 20. The lowest BCUT2D eigenvalue weighted by Gasteiger charge is -2.38. The smallest absolute Gasteiger partial charge is 0.444 e. The van der Waals surface area contributed by atoms with Gasteiger partial charge >= 0.3 is 31.3 Å². The lowest BCUT2D eigenvalue weighted by molar-refractivity contribution is -0.275. The van der Waals surface area contributed by atoms with Crippen LogP contribution in [0.25, 0.3) is 12.2 Å². The van der Waals surface area contributed by atoms with Gasteiger partial charge in [-0.15, -0.1) is 62.7 Å². The van der Waals surface area contributed by atoms with Crippen LogP contribution in [0.2, 0.25) is 0 Å². The van der Waals surface area contributed by atoms with Gasteiger partial charge in [-0.1, -0.05) is 71.0 Å². The first kappa shape index (κ1) is 119. The number of aliphatic imine (C=N–C) groups is 3. The van der Waals surface area contributed by atoms with Crippen molar-refractivity contribution in [2.45, 2.75) is 225 Å². The van der Waals surface area contributed by atoms with Crippen molar-refractivity contribution in [1.29, 1.82) is 0 Å². The zero-order valence-corrected chi connectivity index (χ0v) is 90.1. The summed E-state index contributed by atoms with van der Waals surface area (Å²) in [5.41, 5.74) is 2.42. The Morgan fingerprint density at radius 1 is 0.433 bits per heavy atom. The van der Waals surface area contributed by atoms with Gasteiger partial charge in [0.05, 0.1) is 5.34 Å². The van der Waals surface area contributed by atoms with Crippen molar-refractivity contribution in [3.05, 3.63) is 199 Å². The number of benzene rings is 6. The van der Waals surface area contributed by atoms with Gasteiger partial charge in [0.2, 0.25) is 47.8 Å². The van der Waals surface area contributed by atoms with Gasteiger partial charge in [-0.3, -0.25) is 43.7 Å². The highest BCUT2D eigenvalue weighted by Crippen LogP contribution is 2.41. The van der Waals surface area contributed by atoms with Gasteiger partial charge in [0.25, 0.3) is 17.7 Å². The van der Waals surface area contributed by atoms with E-state index in [1.165, 1.54) is 68.4 Å². The summed E-state index contributed by atoms with van der Waals surface area (Å²) in [4.78, 5) is 123. The van der Waals surface area contributed by atoms with E-state index in [2.05, 4.69) is 73.0 Å². The fourth-order valence-electron chi connectivity index (χ4n) is 18.5. The summed E-state index contributed by atoms with van der Waals surface area (Å²) in [6.07, 6.45) is -7.15. The number of carbonyl (C=O) groups is 8. The van der Waals surface area contributed by atoms with Crippen LogP contribution in [0.4, 0.5) is 66.2 Å². The summed E-state index contributed by atoms with van der Waals surface area (Å²) >= 11 is 13.0. The third-order valence-corrected chi connectivity index (χ3v) is 31.4. The number of carbonyl (C=O) groups excluding carboxylic acids is 8. The number of piperidine rings is 6. The van der Waals surface area contributed by atoms with Gasteiger partial charge in [-0.05, 0) is 271 Å². The van der Waals surface area contributed by atoms with E-state index in [1.807, 2.05) is 109 Å². The molecule has 0 bridgehead atoms. The molecule has 6 aromatic carbocycles. The molecule has 6 fully saturated rings. The maximum atomic E-state index is 13.3. The Labute approximate surface area is 883 Å². The molecule has 4 N–H and O–H groups in total. The average molecular weight is 2270 g/mol. The number of likely N-dealkylation sites (tertiary alicyclic amines) is 2. The second kappa shape index (κ2) is 49.0. The monoisotopic (exact) mass is 2260 g/mol. The number of hydrogen-bond acceptors (Lipinski definition) is 23. The second-order valence-corrected chi connectivity index (χ2v) is 46.0. The zero-order valence-electron chi connectivity index (χ0n) is 84.6. The first-order valence-electron chi connectivity index (χ1n) is 48.0. The number of amidine groups is 3. The first-order chi connectivity index (χ1) is 70.1. The minimum atomic E-state index is -4.88. The fourth-order valence-corrected chi connectivity index (χ4v) is 22.0. The number of anilines is 3. The van der Waals surface area contributed by atoms with Crippen LogP contribution in [0.15, 0.2) is 170 Å². The van der Waals surface area contributed by atoms with Crippen molar-refractivity contribution in [3.63, 3.8) is 0 Å². The van der Waals surface area contributed by atoms with E-state index < -0.39 is 112 Å². The largest absolute Gasteiger partial charge is 0.573 e. The van der Waals surface area contributed by atoms with E-state index in [-0.39, 0.29) is 165 Å². The zero-order chi connectivity index (χ0) is 110. The van der Waals surface area contributed by atoms with Crippen molar-refractivity contribution in [2.24, 2.45) is 15.0 Å². The fraction of sp³-hybridized carbons (Fsp3) is 0.475. The molecule has 9 heterocycles. The Morgan fingerprint density at radius 2 is 0.713 bits per heavy atom. The molecular formula is C101H121BrCl2F9N15O19S3. The molecule has 0 saturated carbocycles. The predicted molar refractivity (Wildman–Crippen MR) is 554 cm³/mol. The molecule has 15 rings (SSSR count). The van der Waals surface area contributed by atoms with Crippen LogP contribution in [0, 0.1) is 20.8 Å². The van der Waals surface area contributed by atoms with Crippen molar-refractivity contribution in [2.75, 3.05) is 98.6 Å². The summed E-state index contributed by atoms with van der Waals surface area (Å²) in [6.45, 7) is 28.7. The highest BCUT2D eigenvalue weighted by Gasteiger charge is 2.52. The van der Waals surface area contributed by atoms with Gasteiger partial charge in [0.1, 0.15) is 62.6 Å². The molecule has 49 heteroatoms. The van der Waals surface area contributed by atoms with Crippen LogP contribution in [0.3, 0.4) is 0 Å². The molecule has 9 aliphatic heterocycles. The molecule has 816 valence electrons. The van der Waals surface area contributed by atoms with Crippen LogP contribution < -0.4 is 50.2 Å². The predicted octanol–water partition coefficient (Wildman–Crippen LogP) is 16.8. The van der Waals surface area contributed by atoms with Crippen molar-refractivity contribution >= 4 is 164 Å². The second-order valence-electron chi connectivity index (χ2n) is 38.8. The van der Waals surface area contributed by atoms with E-state index in [9.17, 15) is 103 Å². The molecule has 3 spiro atoms. The third-order valence-electron chi connectivity index (χ3n) is 25.9. The van der Waals surface area contributed by atoms with E-state index in [1.54, 1.807) is 46.7 Å². The Hall–Kier alpha value is -11.6. The standard InChI is InChI=1S/C35H42F3N5O7S.C30H34F3N5O5S.C19H27BrN2O3.C16H16F3N3O4S.CH2Cl2/c1-23-21-28(43(24(2)44)27-11-16-41(17-12-27)32(46)50-33(3,4)5)10-9-25(23)13-20-51(47,48)42-18-14-34(15-19-42)31(45)39-30(40-34)26-7-6-8-29(22-26)49-35(36,37)38;1-20-18-25(38(21(2)39)24-8-13-34-14-9-24)7-6-22(20)10-17-44(41,42)37-15-11-29(12-16-37)28(40)35-27(36-29)23-4-3-5-26(19-23)43-30(31,32)33;1-13-12-16(6-7-17(13)20)22(14(2)23)15-8-10-21(11-9-15)18(24)25-19(3,4)5;1-2-27(24,25)22-8-6-15(7-9-22)14(23)20-13(21-15)11-4-3-5-12(10-11)26-16(17,18)19;2-1-3/h6-10,13,20-22,27H,11-12,14-19H2,1-5H3,(H,39,40,45);3-7,10,17-19,24,34H,8-9,11-16H2,1-2H3,(H,35,36,40);6-7,12,15H,8-11H2,1-5H3;2-5,10H,1,6-9H2,(H,20,21,23);1H2/b20-13+;17-10+;;;. The molecular weight excluding hydrogens is 2150 g/mol. The number of sulfonamides is 3. The lowest BCUT2D eigenvalue weighted by Crippen LogP contribution is -2.50. The molecule has 8 amide bonds. The molecule has 0 atom stereocenters. The van der Waals surface area contributed by atoms with E-state index in [4.69, 9.17) is 32.7 Å². The number of hydrogen-bond donors (Lipinski definition) is 4.